The normalized spacial score (nSPS) is 15.2. The van der Waals surface area contributed by atoms with Crippen LogP contribution in [0.15, 0.2) is 23.0 Å². The van der Waals surface area contributed by atoms with Crippen molar-refractivity contribution in [3.63, 3.8) is 0 Å². The summed E-state index contributed by atoms with van der Waals surface area (Å²) >= 11 is 0. The maximum Gasteiger partial charge on any atom is 0.417 e. The molecule has 2 aromatic rings. The first-order valence-corrected chi connectivity index (χ1v) is 7.17. The Morgan fingerprint density at radius 2 is 1.80 bits per heavy atom. The summed E-state index contributed by atoms with van der Waals surface area (Å²) in [5.41, 5.74) is -2.21. The van der Waals surface area contributed by atoms with Crippen LogP contribution in [-0.4, -0.2) is 30.4 Å². The Morgan fingerprint density at radius 3 is 2.40 bits per heavy atom. The molecule has 10 heteroatoms. The third-order valence-corrected chi connectivity index (χ3v) is 3.96. The monoisotopic (exact) mass is 366 g/mol. The molecule has 0 saturated heterocycles. The van der Waals surface area contributed by atoms with Crippen LogP contribution in [0.3, 0.4) is 0 Å². The first-order chi connectivity index (χ1) is 11.5. The van der Waals surface area contributed by atoms with Gasteiger partial charge in [0, 0.05) is 24.6 Å². The van der Waals surface area contributed by atoms with Gasteiger partial charge in [-0.05, 0) is 6.07 Å². The van der Waals surface area contributed by atoms with E-state index in [0.717, 1.165) is 15.5 Å². The molecule has 2 heterocycles. The topological polar surface area (TPSA) is 34.5 Å². The van der Waals surface area contributed by atoms with Gasteiger partial charge in [0.15, 0.2) is 0 Å². The number of pyridine rings is 1. The molecule has 0 saturated carbocycles. The molecule has 1 aromatic heterocycles. The minimum absolute atomic E-state index is 0.0114. The predicted octanol–water partition coefficient (Wildman–Crippen LogP) is 3.32. The molecule has 0 spiro atoms. The Balaban J connectivity index is 2.28. The van der Waals surface area contributed by atoms with Crippen molar-refractivity contribution in [2.45, 2.75) is 12.4 Å². The molecular formula is C15H12F6N2O2. The second-order valence-corrected chi connectivity index (χ2v) is 5.68. The number of hydrogen-bond donors (Lipinski definition) is 0. The lowest BCUT2D eigenvalue weighted by Crippen LogP contribution is -2.39. The quantitative estimate of drug-likeness (QED) is 0.727. The highest BCUT2D eigenvalue weighted by Crippen LogP contribution is 2.41. The molecule has 1 aliphatic heterocycles. The van der Waals surface area contributed by atoms with Gasteiger partial charge < -0.3 is 14.2 Å². The SMILES string of the molecule is Cn1c(=O)cc(C(F)(F)F)c2cc3c(cc21)OCCN3CC(F)(F)F. The van der Waals surface area contributed by atoms with Crippen molar-refractivity contribution in [1.29, 1.82) is 0 Å². The van der Waals surface area contributed by atoms with E-state index >= 15 is 0 Å². The lowest BCUT2D eigenvalue weighted by Gasteiger charge is -2.32. The number of aryl methyl sites for hydroxylation is 1. The van der Waals surface area contributed by atoms with Gasteiger partial charge in [-0.25, -0.2) is 0 Å². The summed E-state index contributed by atoms with van der Waals surface area (Å²) in [5, 5.41) is -0.356. The first kappa shape index (κ1) is 17.4. The second-order valence-electron chi connectivity index (χ2n) is 5.68. The molecule has 3 rings (SSSR count). The number of ether oxygens (including phenoxy) is 1. The van der Waals surface area contributed by atoms with E-state index in [0.29, 0.717) is 6.07 Å². The zero-order valence-corrected chi connectivity index (χ0v) is 12.8. The average molecular weight is 366 g/mol. The molecule has 0 radical (unpaired) electrons. The summed E-state index contributed by atoms with van der Waals surface area (Å²) in [4.78, 5) is 12.7. The second kappa shape index (κ2) is 5.57. The van der Waals surface area contributed by atoms with Crippen LogP contribution < -0.4 is 15.2 Å². The summed E-state index contributed by atoms with van der Waals surface area (Å²) < 4.78 is 84.2. The minimum Gasteiger partial charge on any atom is -0.489 e. The van der Waals surface area contributed by atoms with E-state index in [1.165, 1.54) is 13.1 Å². The molecule has 0 fully saturated rings. The fourth-order valence-corrected chi connectivity index (χ4v) is 2.83. The summed E-state index contributed by atoms with van der Waals surface area (Å²) in [6.45, 7) is -1.45. The van der Waals surface area contributed by atoms with Crippen molar-refractivity contribution < 1.29 is 31.1 Å². The molecule has 1 aromatic carbocycles. The highest BCUT2D eigenvalue weighted by molar-refractivity contribution is 5.89. The molecule has 25 heavy (non-hydrogen) atoms. The van der Waals surface area contributed by atoms with Crippen molar-refractivity contribution in [3.05, 3.63) is 34.1 Å². The number of nitrogens with zero attached hydrogens (tertiary/aromatic N) is 2. The Hall–Kier alpha value is -2.39. The van der Waals surface area contributed by atoms with Crippen LogP contribution in [0.4, 0.5) is 32.0 Å². The largest absolute Gasteiger partial charge is 0.489 e. The molecule has 0 unspecified atom stereocenters. The molecule has 0 atom stereocenters. The van der Waals surface area contributed by atoms with E-state index in [4.69, 9.17) is 4.74 Å². The van der Waals surface area contributed by atoms with Crippen LogP contribution in [0.1, 0.15) is 5.56 Å². The van der Waals surface area contributed by atoms with Crippen molar-refractivity contribution in [3.8, 4) is 5.75 Å². The number of benzene rings is 1. The van der Waals surface area contributed by atoms with Crippen LogP contribution in [0, 0.1) is 0 Å². The van der Waals surface area contributed by atoms with Crippen molar-refractivity contribution >= 4 is 16.6 Å². The van der Waals surface area contributed by atoms with Crippen molar-refractivity contribution in [1.82, 2.24) is 4.57 Å². The number of aromatic nitrogens is 1. The lowest BCUT2D eigenvalue weighted by atomic mass is 10.1. The summed E-state index contributed by atoms with van der Waals surface area (Å²) in [6.07, 6.45) is -9.33. The molecular weight excluding hydrogens is 354 g/mol. The molecule has 136 valence electrons. The summed E-state index contributed by atoms with van der Waals surface area (Å²) in [6, 6.07) is 2.61. The Labute approximate surface area is 137 Å². The standard InChI is InChI=1S/C15H12F6N2O2/c1-22-10-6-12-11(23(2-3-25-12)7-14(16,17)18)4-8(10)9(5-13(22)24)15(19,20)21/h4-6H,2-3,7H2,1H3. The van der Waals surface area contributed by atoms with Crippen molar-refractivity contribution in [2.24, 2.45) is 7.05 Å². The van der Waals surface area contributed by atoms with E-state index in [9.17, 15) is 31.1 Å². The van der Waals surface area contributed by atoms with E-state index in [1.54, 1.807) is 0 Å². The molecule has 0 aliphatic carbocycles. The smallest absolute Gasteiger partial charge is 0.417 e. The average Bonchev–Trinajstić information content (AvgIpc) is 2.47. The number of rotatable bonds is 1. The number of anilines is 1. The third kappa shape index (κ3) is 3.24. The van der Waals surface area contributed by atoms with Crippen LogP contribution in [0.25, 0.3) is 10.9 Å². The number of fused-ring (bicyclic) bond motifs is 2. The maximum atomic E-state index is 13.3. The summed E-state index contributed by atoms with van der Waals surface area (Å²) in [5.74, 6) is 0.0114. The van der Waals surface area contributed by atoms with Gasteiger partial charge in [0.05, 0.1) is 23.3 Å². The Kier molecular flexibility index (Phi) is 3.88. The fourth-order valence-electron chi connectivity index (χ4n) is 2.83. The van der Waals surface area contributed by atoms with Gasteiger partial charge in [0.25, 0.3) is 5.56 Å². The van der Waals surface area contributed by atoms with E-state index in [2.05, 4.69) is 0 Å². The first-order valence-electron chi connectivity index (χ1n) is 7.17. The van der Waals surface area contributed by atoms with E-state index in [-0.39, 0.29) is 35.5 Å². The highest BCUT2D eigenvalue weighted by Gasteiger charge is 2.36. The zero-order chi connectivity index (χ0) is 18.6. The van der Waals surface area contributed by atoms with Gasteiger partial charge in [-0.2, -0.15) is 26.3 Å². The van der Waals surface area contributed by atoms with E-state index in [1.807, 2.05) is 0 Å². The van der Waals surface area contributed by atoms with Gasteiger partial charge in [-0.1, -0.05) is 0 Å². The third-order valence-electron chi connectivity index (χ3n) is 3.96. The molecule has 0 N–H and O–H groups in total. The van der Waals surface area contributed by atoms with Crippen LogP contribution in [0.5, 0.6) is 5.75 Å². The van der Waals surface area contributed by atoms with Gasteiger partial charge >= 0.3 is 12.4 Å². The fraction of sp³-hybridized carbons (Fsp3) is 0.400. The van der Waals surface area contributed by atoms with Gasteiger partial charge in [-0.3, -0.25) is 4.79 Å². The maximum absolute atomic E-state index is 13.3. The minimum atomic E-state index is -4.82. The van der Waals surface area contributed by atoms with E-state index < -0.39 is 30.0 Å². The van der Waals surface area contributed by atoms with Gasteiger partial charge in [-0.15, -0.1) is 0 Å². The highest BCUT2D eigenvalue weighted by atomic mass is 19.4. The van der Waals surface area contributed by atoms with Crippen LogP contribution in [-0.2, 0) is 13.2 Å². The number of alkyl halides is 6. The molecule has 0 amide bonds. The molecule has 4 nitrogen and oxygen atoms in total. The number of halogens is 6. The Bertz CT molecular complexity index is 885. The van der Waals surface area contributed by atoms with Crippen LogP contribution in [0.2, 0.25) is 0 Å². The lowest BCUT2D eigenvalue weighted by molar-refractivity contribution is -0.136. The summed E-state index contributed by atoms with van der Waals surface area (Å²) in [7, 11) is 1.29. The molecule has 1 aliphatic rings. The van der Waals surface area contributed by atoms with Crippen molar-refractivity contribution in [2.75, 3.05) is 24.6 Å². The molecule has 0 bridgehead atoms. The van der Waals surface area contributed by atoms with Gasteiger partial charge in [0.1, 0.15) is 18.9 Å². The number of hydrogen-bond acceptors (Lipinski definition) is 3. The van der Waals surface area contributed by atoms with Gasteiger partial charge in [0.2, 0.25) is 0 Å². The zero-order valence-electron chi connectivity index (χ0n) is 12.8. The Morgan fingerprint density at radius 1 is 1.12 bits per heavy atom. The van der Waals surface area contributed by atoms with Crippen LogP contribution >= 0.6 is 0 Å². The predicted molar refractivity (Wildman–Crippen MR) is 78.0 cm³/mol.